The third-order valence-corrected chi connectivity index (χ3v) is 7.97. The number of nitrogens with zero attached hydrogens (tertiary/aromatic N) is 4. The Hall–Kier alpha value is -4.30. The minimum absolute atomic E-state index is 0.0470. The first kappa shape index (κ1) is 22.2. The van der Waals surface area contributed by atoms with Crippen molar-refractivity contribution < 1.29 is 4.79 Å². The van der Waals surface area contributed by atoms with Crippen LogP contribution >= 0.6 is 0 Å². The minimum atomic E-state index is -0.489. The van der Waals surface area contributed by atoms with Crippen molar-refractivity contribution in [1.82, 2.24) is 14.8 Å². The lowest BCUT2D eigenvalue weighted by Crippen LogP contribution is -2.46. The maximum atomic E-state index is 12.9. The van der Waals surface area contributed by atoms with Gasteiger partial charge >= 0.3 is 0 Å². The molecule has 0 saturated heterocycles. The zero-order valence-corrected chi connectivity index (χ0v) is 20.3. The average molecular weight is 471 g/mol. The van der Waals surface area contributed by atoms with Crippen molar-refractivity contribution in [2.24, 2.45) is 11.8 Å². The third-order valence-electron chi connectivity index (χ3n) is 7.97. The summed E-state index contributed by atoms with van der Waals surface area (Å²) in [6.45, 7) is 4.14. The first-order chi connectivity index (χ1) is 17.5. The topological polar surface area (TPSA) is 71.6 Å². The lowest BCUT2D eigenvalue weighted by Gasteiger charge is -2.45. The molecule has 0 N–H and O–H groups in total. The molecular weight excluding hydrogens is 444 g/mol. The van der Waals surface area contributed by atoms with Crippen LogP contribution < -0.4 is 0 Å². The van der Waals surface area contributed by atoms with Gasteiger partial charge in [-0.3, -0.25) is 9.78 Å². The molecule has 5 heteroatoms. The van der Waals surface area contributed by atoms with E-state index in [4.69, 9.17) is 5.10 Å². The molecule has 0 saturated carbocycles. The molecule has 6 rings (SSSR count). The third kappa shape index (κ3) is 3.33. The number of allylic oxidation sites excluding steroid dienone is 2. The largest absolute Gasteiger partial charge is 0.293 e. The highest BCUT2D eigenvalue weighted by atomic mass is 16.1. The van der Waals surface area contributed by atoms with E-state index >= 15 is 0 Å². The van der Waals surface area contributed by atoms with Crippen molar-refractivity contribution in [1.29, 1.82) is 5.26 Å². The summed E-state index contributed by atoms with van der Waals surface area (Å²) in [5.41, 5.74) is 7.15. The molecule has 0 spiro atoms. The van der Waals surface area contributed by atoms with Gasteiger partial charge in [0.25, 0.3) is 0 Å². The second kappa shape index (κ2) is 8.42. The van der Waals surface area contributed by atoms with Gasteiger partial charge in [-0.05, 0) is 54.2 Å². The standard InChI is InChI=1S/C31H26N4O/c1-20-27-15-14-26-28(23-9-6-16-33-19-23)34-35(30(26)31(27,2)17-24(18-32)29(20)36)25-12-10-22(11-13-25)21-7-4-3-5-8-21/h3-13,16-17,19-20,27H,14-15H2,1-2H3/t20-,27-,31-/m1/s1. The Morgan fingerprint density at radius 1 is 1.00 bits per heavy atom. The monoisotopic (exact) mass is 470 g/mol. The molecule has 2 aliphatic carbocycles. The van der Waals surface area contributed by atoms with Gasteiger partial charge in [-0.1, -0.05) is 62.4 Å². The maximum absolute atomic E-state index is 12.9. The molecule has 5 nitrogen and oxygen atoms in total. The highest BCUT2D eigenvalue weighted by Gasteiger charge is 2.50. The fourth-order valence-electron chi connectivity index (χ4n) is 6.19. The van der Waals surface area contributed by atoms with Gasteiger partial charge < -0.3 is 0 Å². The number of fused-ring (bicyclic) bond motifs is 3. The summed E-state index contributed by atoms with van der Waals surface area (Å²) < 4.78 is 2.03. The second-order valence-electron chi connectivity index (χ2n) is 9.99. The summed E-state index contributed by atoms with van der Waals surface area (Å²) in [6.07, 6.45) is 7.22. The number of Topliss-reactive ketones (excluding diaryl/α,β-unsaturated/α-hetero) is 1. The van der Waals surface area contributed by atoms with E-state index in [0.717, 1.165) is 46.6 Å². The van der Waals surface area contributed by atoms with E-state index in [9.17, 15) is 10.1 Å². The number of nitriles is 1. The van der Waals surface area contributed by atoms with Crippen LogP contribution in [0.1, 0.15) is 31.5 Å². The molecule has 0 unspecified atom stereocenters. The molecule has 176 valence electrons. The molecule has 36 heavy (non-hydrogen) atoms. The first-order valence-corrected chi connectivity index (χ1v) is 12.4. The van der Waals surface area contributed by atoms with Crippen molar-refractivity contribution in [3.63, 3.8) is 0 Å². The van der Waals surface area contributed by atoms with Crippen LogP contribution in [0.5, 0.6) is 0 Å². The fraction of sp³-hybridized carbons (Fsp3) is 0.226. The molecule has 0 bridgehead atoms. The predicted molar refractivity (Wildman–Crippen MR) is 139 cm³/mol. The number of ketones is 1. The summed E-state index contributed by atoms with van der Waals surface area (Å²) in [7, 11) is 0. The van der Waals surface area contributed by atoms with Crippen molar-refractivity contribution in [3.05, 3.63) is 102 Å². The van der Waals surface area contributed by atoms with E-state index in [1.165, 1.54) is 5.56 Å². The summed E-state index contributed by atoms with van der Waals surface area (Å²) in [5, 5.41) is 14.9. The zero-order valence-electron chi connectivity index (χ0n) is 20.3. The van der Waals surface area contributed by atoms with E-state index in [1.807, 2.05) is 54.2 Å². The van der Waals surface area contributed by atoms with E-state index < -0.39 is 5.41 Å². The van der Waals surface area contributed by atoms with Crippen LogP contribution in [0, 0.1) is 23.2 Å². The van der Waals surface area contributed by atoms with E-state index in [2.05, 4.69) is 54.4 Å². The normalized spacial score (nSPS) is 22.8. The van der Waals surface area contributed by atoms with Crippen molar-refractivity contribution in [2.75, 3.05) is 0 Å². The molecule has 3 atom stereocenters. The predicted octanol–water partition coefficient (Wildman–Crippen LogP) is 6.09. The van der Waals surface area contributed by atoms with Crippen molar-refractivity contribution in [2.45, 2.75) is 32.1 Å². The molecule has 2 aromatic heterocycles. The molecule has 0 radical (unpaired) electrons. The SMILES string of the molecule is C[C@H]1C(=O)C(C#N)=C[C@@]2(C)c3c(c(-c4cccnc4)nn3-c3ccc(-c4ccccc4)cc3)CC[C@H]12. The Kier molecular flexibility index (Phi) is 5.19. The molecular formula is C31H26N4O. The van der Waals surface area contributed by atoms with Gasteiger partial charge in [-0.25, -0.2) is 4.68 Å². The van der Waals surface area contributed by atoms with Crippen LogP contribution in [-0.2, 0) is 16.6 Å². The molecule has 4 aromatic rings. The van der Waals surface area contributed by atoms with Crippen LogP contribution in [0.25, 0.3) is 28.1 Å². The molecule has 2 heterocycles. The van der Waals surface area contributed by atoms with Crippen LogP contribution in [0.3, 0.4) is 0 Å². The lowest BCUT2D eigenvalue weighted by molar-refractivity contribution is -0.121. The molecule has 0 fully saturated rings. The van der Waals surface area contributed by atoms with E-state index in [1.54, 1.807) is 6.20 Å². The first-order valence-electron chi connectivity index (χ1n) is 12.4. The van der Waals surface area contributed by atoms with Gasteiger partial charge in [-0.2, -0.15) is 10.4 Å². The van der Waals surface area contributed by atoms with Crippen LogP contribution in [0.15, 0.2) is 90.8 Å². The van der Waals surface area contributed by atoms with E-state index in [0.29, 0.717) is 0 Å². The zero-order chi connectivity index (χ0) is 24.9. The number of carbonyl (C=O) groups excluding carboxylic acids is 1. The van der Waals surface area contributed by atoms with Crippen molar-refractivity contribution in [3.8, 4) is 34.1 Å². The Labute approximate surface area is 210 Å². The van der Waals surface area contributed by atoms with Gasteiger partial charge in [0.2, 0.25) is 0 Å². The summed E-state index contributed by atoms with van der Waals surface area (Å²) >= 11 is 0. The van der Waals surface area contributed by atoms with Gasteiger partial charge in [0.05, 0.1) is 22.6 Å². The Bertz CT molecular complexity index is 1530. The van der Waals surface area contributed by atoms with Gasteiger partial charge in [0.15, 0.2) is 5.78 Å². The van der Waals surface area contributed by atoms with Crippen LogP contribution in [0.4, 0.5) is 0 Å². The second-order valence-corrected chi connectivity index (χ2v) is 9.99. The molecule has 2 aliphatic rings. The van der Waals surface area contributed by atoms with E-state index in [-0.39, 0.29) is 23.2 Å². The summed E-state index contributed by atoms with van der Waals surface area (Å²) in [5.74, 6) is -0.155. The molecule has 2 aromatic carbocycles. The highest BCUT2D eigenvalue weighted by molar-refractivity contribution is 6.02. The number of rotatable bonds is 3. The fourth-order valence-corrected chi connectivity index (χ4v) is 6.19. The number of hydrogen-bond donors (Lipinski definition) is 0. The smallest absolute Gasteiger partial charge is 0.176 e. The number of aromatic nitrogens is 3. The minimum Gasteiger partial charge on any atom is -0.293 e. The highest BCUT2D eigenvalue weighted by Crippen LogP contribution is 2.52. The van der Waals surface area contributed by atoms with Gasteiger partial charge in [0, 0.05) is 34.9 Å². The molecule has 0 aliphatic heterocycles. The maximum Gasteiger partial charge on any atom is 0.176 e. The summed E-state index contributed by atoms with van der Waals surface area (Å²) in [4.78, 5) is 17.2. The van der Waals surface area contributed by atoms with Crippen LogP contribution in [-0.4, -0.2) is 20.5 Å². The number of hydrogen-bond acceptors (Lipinski definition) is 4. The van der Waals surface area contributed by atoms with Crippen molar-refractivity contribution >= 4 is 5.78 Å². The average Bonchev–Trinajstić information content (AvgIpc) is 3.33. The van der Waals surface area contributed by atoms with Crippen LogP contribution in [0.2, 0.25) is 0 Å². The molecule has 0 amide bonds. The Balaban J connectivity index is 1.57. The Morgan fingerprint density at radius 3 is 2.42 bits per heavy atom. The summed E-state index contributed by atoms with van der Waals surface area (Å²) in [6, 6.07) is 24.9. The Morgan fingerprint density at radius 2 is 1.72 bits per heavy atom. The number of pyridine rings is 1. The number of carbonyl (C=O) groups is 1. The lowest BCUT2D eigenvalue weighted by atomic mass is 9.57. The number of benzene rings is 2. The van der Waals surface area contributed by atoms with Gasteiger partial charge in [-0.15, -0.1) is 0 Å². The van der Waals surface area contributed by atoms with Gasteiger partial charge in [0.1, 0.15) is 6.07 Å². The quantitative estimate of drug-likeness (QED) is 0.363.